The van der Waals surface area contributed by atoms with Gasteiger partial charge in [0.25, 0.3) is 0 Å². The molecular weight excluding hydrogens is 244 g/mol. The monoisotopic (exact) mass is 252 g/mol. The lowest BCUT2D eigenvalue weighted by molar-refractivity contribution is 0.173. The highest BCUT2D eigenvalue weighted by atomic mass is 35.5. The van der Waals surface area contributed by atoms with E-state index in [1.165, 1.54) is 6.20 Å². The Labute approximate surface area is 102 Å². The van der Waals surface area contributed by atoms with Crippen molar-refractivity contribution in [3.8, 4) is 22.6 Å². The molecule has 0 atom stereocenters. The average molecular weight is 253 g/mol. The Morgan fingerprint density at radius 3 is 2.94 bits per heavy atom. The molecule has 0 radical (unpaired) electrons. The first-order valence-electron chi connectivity index (χ1n) is 4.97. The number of benzene rings is 1. The van der Waals surface area contributed by atoms with Crippen molar-refractivity contribution in [1.82, 2.24) is 5.16 Å². The summed E-state index contributed by atoms with van der Waals surface area (Å²) >= 11 is 6.22. The lowest BCUT2D eigenvalue weighted by atomic mass is 10.0. The molecule has 0 unspecified atom stereocenters. The Morgan fingerprint density at radius 2 is 2.24 bits per heavy atom. The van der Waals surface area contributed by atoms with Crippen LogP contribution in [-0.2, 0) is 0 Å². The van der Waals surface area contributed by atoms with Crippen LogP contribution in [0.15, 0.2) is 16.8 Å². The van der Waals surface area contributed by atoms with Crippen LogP contribution >= 0.6 is 11.6 Å². The molecule has 0 fully saturated rings. The molecule has 1 aliphatic rings. The number of ether oxygens (including phenoxy) is 2. The Hall–Kier alpha value is -1.88. The smallest absolute Gasteiger partial charge is 0.231 e. The number of hydrogen-bond donors (Lipinski definition) is 1. The summed E-state index contributed by atoms with van der Waals surface area (Å²) in [5, 5.41) is 4.17. The summed E-state index contributed by atoms with van der Waals surface area (Å²) < 4.78 is 15.5. The van der Waals surface area contributed by atoms with Crippen LogP contribution in [-0.4, -0.2) is 11.9 Å². The second kappa shape index (κ2) is 3.56. The Kier molecular flexibility index (Phi) is 2.16. The van der Waals surface area contributed by atoms with Crippen LogP contribution in [0.1, 0.15) is 5.56 Å². The molecule has 2 heterocycles. The molecule has 88 valence electrons. The van der Waals surface area contributed by atoms with Gasteiger partial charge in [0.05, 0.1) is 16.8 Å². The van der Waals surface area contributed by atoms with E-state index in [9.17, 15) is 0 Å². The van der Waals surface area contributed by atoms with Gasteiger partial charge in [-0.3, -0.25) is 0 Å². The number of nitrogens with two attached hydrogens (primary N) is 1. The highest BCUT2D eigenvalue weighted by Crippen LogP contribution is 2.46. The molecule has 1 aromatic carbocycles. The van der Waals surface area contributed by atoms with Crippen molar-refractivity contribution in [2.45, 2.75) is 6.92 Å². The minimum absolute atomic E-state index is 0.203. The van der Waals surface area contributed by atoms with Gasteiger partial charge in [0.2, 0.25) is 12.7 Å². The highest BCUT2D eigenvalue weighted by Gasteiger charge is 2.24. The molecule has 3 rings (SSSR count). The molecule has 6 heteroatoms. The van der Waals surface area contributed by atoms with Crippen LogP contribution < -0.4 is 15.2 Å². The number of aromatic nitrogens is 1. The second-order valence-electron chi connectivity index (χ2n) is 3.70. The fraction of sp³-hybridized carbons (Fsp3) is 0.182. The molecular formula is C11H9ClN2O3. The number of rotatable bonds is 1. The molecule has 0 bridgehead atoms. The minimum Gasteiger partial charge on any atom is -0.454 e. The number of hydrogen-bond acceptors (Lipinski definition) is 5. The molecule has 0 saturated heterocycles. The molecule has 5 nitrogen and oxygen atoms in total. The maximum absolute atomic E-state index is 6.22. The Balaban J connectivity index is 2.28. The van der Waals surface area contributed by atoms with Crippen molar-refractivity contribution in [3.63, 3.8) is 0 Å². The number of halogens is 1. The third-order valence-corrected chi connectivity index (χ3v) is 3.02. The molecule has 2 N–H and O–H groups in total. The van der Waals surface area contributed by atoms with E-state index < -0.39 is 0 Å². The topological polar surface area (TPSA) is 70.5 Å². The van der Waals surface area contributed by atoms with Gasteiger partial charge in [-0.2, -0.15) is 0 Å². The number of nitrogen functional groups attached to an aromatic ring is 1. The van der Waals surface area contributed by atoms with Crippen molar-refractivity contribution in [2.24, 2.45) is 0 Å². The molecule has 1 aliphatic heterocycles. The summed E-state index contributed by atoms with van der Waals surface area (Å²) in [7, 11) is 0. The van der Waals surface area contributed by atoms with Gasteiger partial charge in [-0.15, -0.1) is 0 Å². The van der Waals surface area contributed by atoms with Crippen molar-refractivity contribution in [1.29, 1.82) is 0 Å². The van der Waals surface area contributed by atoms with Crippen LogP contribution in [0.2, 0.25) is 5.02 Å². The first-order chi connectivity index (χ1) is 8.18. The van der Waals surface area contributed by atoms with Crippen LogP contribution in [0.3, 0.4) is 0 Å². The van der Waals surface area contributed by atoms with Gasteiger partial charge in [-0.05, 0) is 6.92 Å². The van der Waals surface area contributed by atoms with Gasteiger partial charge in [-0.1, -0.05) is 16.8 Å². The summed E-state index contributed by atoms with van der Waals surface area (Å²) in [6, 6.07) is 1.71. The highest BCUT2D eigenvalue weighted by molar-refractivity contribution is 6.34. The van der Waals surface area contributed by atoms with Gasteiger partial charge >= 0.3 is 0 Å². The molecule has 17 heavy (non-hydrogen) atoms. The van der Waals surface area contributed by atoms with Gasteiger partial charge in [-0.25, -0.2) is 0 Å². The van der Waals surface area contributed by atoms with E-state index in [2.05, 4.69) is 5.16 Å². The van der Waals surface area contributed by atoms with Gasteiger partial charge < -0.3 is 19.7 Å². The zero-order chi connectivity index (χ0) is 12.0. The van der Waals surface area contributed by atoms with Gasteiger partial charge in [0, 0.05) is 17.2 Å². The first kappa shape index (κ1) is 10.3. The predicted molar refractivity (Wildman–Crippen MR) is 62.2 cm³/mol. The molecule has 0 aliphatic carbocycles. The third-order valence-electron chi connectivity index (χ3n) is 2.72. The number of nitrogens with zero attached hydrogens (tertiary/aromatic N) is 1. The van der Waals surface area contributed by atoms with Crippen molar-refractivity contribution < 1.29 is 14.0 Å². The standard InChI is InChI=1S/C11H9ClN2O3/c1-5-9(6-3-14-17-11(6)13)7(12)2-8-10(5)16-4-15-8/h2-3H,4,13H2,1H3. The van der Waals surface area contributed by atoms with E-state index in [0.29, 0.717) is 22.1 Å². The fourth-order valence-corrected chi connectivity index (χ4v) is 2.28. The summed E-state index contributed by atoms with van der Waals surface area (Å²) in [6.45, 7) is 2.09. The van der Waals surface area contributed by atoms with E-state index >= 15 is 0 Å². The average Bonchev–Trinajstić information content (AvgIpc) is 2.88. The first-order valence-corrected chi connectivity index (χ1v) is 5.35. The summed E-state index contributed by atoms with van der Waals surface area (Å²) in [4.78, 5) is 0. The Morgan fingerprint density at radius 1 is 1.41 bits per heavy atom. The van der Waals surface area contributed by atoms with Crippen molar-refractivity contribution in [3.05, 3.63) is 22.8 Å². The SMILES string of the molecule is Cc1c2c(cc(Cl)c1-c1cnoc1N)OCO2. The zero-order valence-electron chi connectivity index (χ0n) is 8.99. The lowest BCUT2D eigenvalue weighted by Gasteiger charge is -2.09. The predicted octanol–water partition coefficient (Wildman–Crippen LogP) is 2.61. The van der Waals surface area contributed by atoms with Crippen LogP contribution in [0.5, 0.6) is 11.5 Å². The maximum atomic E-state index is 6.22. The third kappa shape index (κ3) is 1.43. The minimum atomic E-state index is 0.203. The largest absolute Gasteiger partial charge is 0.454 e. The van der Waals surface area contributed by atoms with Crippen LogP contribution in [0.25, 0.3) is 11.1 Å². The normalized spacial score (nSPS) is 13.1. The summed E-state index contributed by atoms with van der Waals surface area (Å²) in [5.74, 6) is 1.56. The molecule has 0 spiro atoms. The number of fused-ring (bicyclic) bond motifs is 1. The quantitative estimate of drug-likeness (QED) is 0.845. The van der Waals surface area contributed by atoms with Crippen molar-refractivity contribution >= 4 is 17.5 Å². The zero-order valence-corrected chi connectivity index (χ0v) is 9.75. The van der Waals surface area contributed by atoms with E-state index in [0.717, 1.165) is 11.1 Å². The molecule has 0 amide bonds. The molecule has 0 saturated carbocycles. The molecule has 2 aromatic rings. The van der Waals surface area contributed by atoms with Gasteiger partial charge in [0.15, 0.2) is 11.5 Å². The lowest BCUT2D eigenvalue weighted by Crippen LogP contribution is -1.94. The van der Waals surface area contributed by atoms with E-state index in [4.69, 9.17) is 31.3 Å². The molecule has 1 aromatic heterocycles. The van der Waals surface area contributed by atoms with Crippen LogP contribution in [0.4, 0.5) is 5.88 Å². The maximum Gasteiger partial charge on any atom is 0.231 e. The van der Waals surface area contributed by atoms with Crippen LogP contribution in [0, 0.1) is 6.92 Å². The summed E-state index contributed by atoms with van der Waals surface area (Å²) in [5.41, 5.74) is 7.97. The van der Waals surface area contributed by atoms with Crippen molar-refractivity contribution in [2.75, 3.05) is 12.5 Å². The van der Waals surface area contributed by atoms with E-state index in [1.54, 1.807) is 6.07 Å². The van der Waals surface area contributed by atoms with E-state index in [1.807, 2.05) is 6.92 Å². The fourth-order valence-electron chi connectivity index (χ4n) is 1.94. The van der Waals surface area contributed by atoms with Gasteiger partial charge in [0.1, 0.15) is 0 Å². The summed E-state index contributed by atoms with van der Waals surface area (Å²) in [6.07, 6.45) is 1.53. The second-order valence-corrected chi connectivity index (χ2v) is 4.10. The van der Waals surface area contributed by atoms with E-state index in [-0.39, 0.29) is 12.7 Å². The Bertz CT molecular complexity index is 595. The number of anilines is 1.